The first-order valence-electron chi connectivity index (χ1n) is 46.3. The number of nitriles is 3. The number of hydrogen-bond acceptors (Lipinski definition) is 23. The van der Waals surface area contributed by atoms with E-state index < -0.39 is 15.8 Å². The molecule has 27 heteroatoms. The Morgan fingerprint density at radius 1 is 0.475 bits per heavy atom. The summed E-state index contributed by atoms with van der Waals surface area (Å²) in [6.45, 7) is 33.2. The highest BCUT2D eigenvalue weighted by Crippen LogP contribution is 2.39. The molecule has 17 rings (SSSR count). The number of fused-ring (bicyclic) bond motifs is 3. The van der Waals surface area contributed by atoms with Crippen LogP contribution in [0.5, 0.6) is 0 Å². The predicted octanol–water partition coefficient (Wildman–Crippen LogP) is 24.5. The van der Waals surface area contributed by atoms with Crippen molar-refractivity contribution in [2.45, 2.75) is 192 Å². The zero-order valence-electron chi connectivity index (χ0n) is 83.1. The van der Waals surface area contributed by atoms with Crippen molar-refractivity contribution in [3.05, 3.63) is 444 Å². The van der Waals surface area contributed by atoms with Crippen molar-refractivity contribution in [3.63, 3.8) is 0 Å². The van der Waals surface area contributed by atoms with Crippen LogP contribution in [0.15, 0.2) is 266 Å². The van der Waals surface area contributed by atoms with Gasteiger partial charge in [-0.1, -0.05) is 131 Å². The number of rotatable bonds is 16. The number of carbonyl (C=O) groups is 1. The van der Waals surface area contributed by atoms with Crippen LogP contribution in [0.3, 0.4) is 0 Å². The first kappa shape index (κ1) is 109. The summed E-state index contributed by atoms with van der Waals surface area (Å²) >= 11 is 5.54. The lowest BCUT2D eigenvalue weighted by atomic mass is 9.80. The number of aromatic nitrogens is 9. The number of ether oxygens (including phenoxy) is 1. The third-order valence-corrected chi connectivity index (χ3v) is 23.5. The summed E-state index contributed by atoms with van der Waals surface area (Å²) in [6, 6.07) is 70.8. The molecule has 0 bridgehead atoms. The standard InChI is InChI=1S/C19H23N3.C17H19N.C16H15N3O2.C16H13N3O2.C16H17N3O.C8H8N2.C8H9NO2.C7H8ClN.C7H9NO/c1-13(2)21-22-12-18(16-7-6-15(4)20-11-16)10-17-9-14(3)5-8-19(17)22;1-12-3-5-14-7-8-15(10-17(14)9-12)16-6-4-13(2)18-11-16;2*1-11-3-6-16(19(20)21)14(7-11)8-15(9-17)13-5-4-12(2)18-10-13;1-11-3-6-16-14(7-11)8-15(10-19(16)18-20)13-5-4-12(2)17-9-13;1-7-2-3-8(4-5-9)6-10-7;1-6-3-4-7(5-9-6)8(10)11-2;1-6-2-3-7(4-8)5-9-6;1-6-2-3-7(5-9)4-8-6/h5-9,11,18H,10,12H2,1-4H3;3-6,9,11,15H,7-8,10H2,1-2H3;3-7,10,15H,8H2,1-2H3;3-8,10H,1-2H3;3-7,9,15H,8,10H2,1-2H3;2-3,6H,4H2,1H3;3-5H,1-2H3;2-3,5H,4H2,1H3;2-4,9H,5H2,1H3/b;;;15-8-;;;;;. The molecule has 5 aromatic carbocycles. The number of aliphatic hydroxyl groups excluding tert-OH is 1. The average molecular weight is 1910 g/mol. The molecule has 141 heavy (non-hydrogen) atoms. The number of aliphatic hydroxyl groups is 1. The lowest BCUT2D eigenvalue weighted by Crippen LogP contribution is -2.31. The van der Waals surface area contributed by atoms with E-state index in [4.69, 9.17) is 27.1 Å². The first-order valence-corrected chi connectivity index (χ1v) is 46.8. The second kappa shape index (κ2) is 54.9. The van der Waals surface area contributed by atoms with Gasteiger partial charge in [0, 0.05) is 160 Å². The van der Waals surface area contributed by atoms with Gasteiger partial charge in [0.05, 0.1) is 94.0 Å². The van der Waals surface area contributed by atoms with Crippen molar-refractivity contribution >= 4 is 57.7 Å². The van der Waals surface area contributed by atoms with E-state index in [9.17, 15) is 40.5 Å². The van der Waals surface area contributed by atoms with Gasteiger partial charge < -0.3 is 9.84 Å². The molecule has 4 unspecified atom stereocenters. The number of methoxy groups -OCH3 is 1. The molecule has 0 radical (unpaired) electrons. The number of benzene rings is 5. The van der Waals surface area contributed by atoms with Crippen molar-refractivity contribution in [1.29, 1.82) is 15.8 Å². The minimum Gasteiger partial charge on any atom is -0.465 e. The van der Waals surface area contributed by atoms with E-state index in [2.05, 4.69) is 178 Å². The van der Waals surface area contributed by atoms with E-state index in [1.54, 1.807) is 84.5 Å². The van der Waals surface area contributed by atoms with Gasteiger partial charge >= 0.3 is 5.97 Å². The van der Waals surface area contributed by atoms with Gasteiger partial charge in [-0.15, -0.1) is 16.5 Å². The summed E-state index contributed by atoms with van der Waals surface area (Å²) in [6.07, 6.45) is 23.8. The van der Waals surface area contributed by atoms with E-state index in [1.165, 1.54) is 107 Å². The zero-order chi connectivity index (χ0) is 102. The molecule has 722 valence electrons. The number of esters is 1. The van der Waals surface area contributed by atoms with Crippen LogP contribution in [-0.4, -0.2) is 91.7 Å². The van der Waals surface area contributed by atoms with Gasteiger partial charge in [0.25, 0.3) is 11.4 Å². The van der Waals surface area contributed by atoms with Crippen LogP contribution in [0.1, 0.15) is 211 Å². The second-order valence-electron chi connectivity index (χ2n) is 35.2. The molecule has 0 fully saturated rings. The zero-order valence-corrected chi connectivity index (χ0v) is 83.9. The fourth-order valence-electron chi connectivity index (χ4n) is 15.4. The molecule has 0 saturated carbocycles. The molecule has 0 amide bonds. The number of alkyl halides is 1. The maximum atomic E-state index is 11.1. The highest BCUT2D eigenvalue weighted by atomic mass is 35.5. The van der Waals surface area contributed by atoms with Gasteiger partial charge in [0.1, 0.15) is 0 Å². The summed E-state index contributed by atoms with van der Waals surface area (Å²) in [5.74, 6) is 1.09. The number of hydrogen-bond donors (Lipinski definition) is 1. The number of halogens is 1. The Hall–Kier alpha value is -16.0. The lowest BCUT2D eigenvalue weighted by Gasteiger charge is -2.33. The summed E-state index contributed by atoms with van der Waals surface area (Å²) in [5.41, 5.74) is 33.4. The molecule has 0 saturated heterocycles. The van der Waals surface area contributed by atoms with Gasteiger partial charge in [-0.05, 0) is 307 Å². The van der Waals surface area contributed by atoms with Gasteiger partial charge in [-0.2, -0.15) is 20.9 Å². The fraction of sp³-hybridized carbons (Fsp3) is 0.281. The average Bonchev–Trinajstić information content (AvgIpc) is 0.789. The van der Waals surface area contributed by atoms with E-state index in [1.807, 2.05) is 169 Å². The Labute approximate surface area is 832 Å². The Morgan fingerprint density at radius 3 is 1.31 bits per heavy atom. The minimum absolute atomic E-state index is 0.0200. The molecular weight excluding hydrogens is 1780 g/mol. The number of pyridine rings is 9. The minimum atomic E-state index is -0.451. The lowest BCUT2D eigenvalue weighted by molar-refractivity contribution is -0.385. The molecule has 0 spiro atoms. The highest BCUT2D eigenvalue weighted by molar-refractivity contribution is 6.17. The number of nitrogens with zero attached hydrogens (tertiary/aromatic N) is 18. The van der Waals surface area contributed by atoms with Crippen LogP contribution in [0, 0.1) is 156 Å². The number of allylic oxidation sites excluding steroid dienone is 1. The topological polar surface area (TPSA) is 368 Å². The van der Waals surface area contributed by atoms with E-state index in [-0.39, 0.29) is 29.9 Å². The molecule has 4 atom stereocenters. The Kier molecular flexibility index (Phi) is 42.3. The van der Waals surface area contributed by atoms with Crippen LogP contribution in [0.25, 0.3) is 11.6 Å². The third-order valence-electron chi connectivity index (χ3n) is 23.2. The second-order valence-corrected chi connectivity index (χ2v) is 35.5. The first-order chi connectivity index (χ1) is 67.6. The van der Waals surface area contributed by atoms with Crippen LogP contribution >= 0.6 is 11.6 Å². The van der Waals surface area contributed by atoms with Gasteiger partial charge in [-0.25, -0.2) is 9.80 Å². The molecule has 14 aromatic rings. The van der Waals surface area contributed by atoms with Crippen molar-refractivity contribution in [1.82, 2.24) is 44.9 Å². The Balaban J connectivity index is 0.000000180. The van der Waals surface area contributed by atoms with Crippen molar-refractivity contribution in [2.75, 3.05) is 30.2 Å². The van der Waals surface area contributed by atoms with Gasteiger partial charge in [0.2, 0.25) is 0 Å². The third kappa shape index (κ3) is 34.6. The molecular formula is C114H121ClN18O8. The van der Waals surface area contributed by atoms with Gasteiger partial charge in [-0.3, -0.25) is 70.1 Å². The summed E-state index contributed by atoms with van der Waals surface area (Å²) in [4.78, 5) is 80.9. The largest absolute Gasteiger partial charge is 0.465 e. The van der Waals surface area contributed by atoms with Crippen LogP contribution in [-0.2, 0) is 55.7 Å². The maximum Gasteiger partial charge on any atom is 0.339 e. The number of nitroso groups, excluding NO2 is 1. The van der Waals surface area contributed by atoms with Crippen molar-refractivity contribution < 1.29 is 24.5 Å². The number of carbonyl (C=O) groups excluding carboxylic acids is 1. The molecule has 26 nitrogen and oxygen atoms in total. The predicted molar refractivity (Wildman–Crippen MR) is 559 cm³/mol. The Bertz CT molecular complexity index is 6640. The quantitative estimate of drug-likeness (QED) is 0.0178. The molecule has 2 aliphatic heterocycles. The molecule has 11 heterocycles. The van der Waals surface area contributed by atoms with Gasteiger partial charge in [0.15, 0.2) is 0 Å². The molecule has 9 aromatic heterocycles. The number of nitro benzene ring substituents is 2. The molecule has 1 N–H and O–H groups in total. The van der Waals surface area contributed by atoms with Crippen LogP contribution in [0.4, 0.5) is 22.7 Å². The summed E-state index contributed by atoms with van der Waals surface area (Å²) < 4.78 is 4.50. The molecule has 3 aliphatic rings. The maximum absolute atomic E-state index is 11.1. The molecule has 1 aliphatic carbocycles. The normalized spacial score (nSPS) is 13.5. The smallest absolute Gasteiger partial charge is 0.339 e. The fourth-order valence-corrected chi connectivity index (χ4v) is 15.6. The summed E-state index contributed by atoms with van der Waals surface area (Å²) in [5, 5.41) is 69.3. The number of hydrazone groups is 1. The van der Waals surface area contributed by atoms with E-state index >= 15 is 0 Å². The van der Waals surface area contributed by atoms with E-state index in [0.29, 0.717) is 64.9 Å². The van der Waals surface area contributed by atoms with Crippen LogP contribution < -0.4 is 10.0 Å². The number of aryl methyl sites for hydroxylation is 15. The highest BCUT2D eigenvalue weighted by Gasteiger charge is 2.29. The number of nitro groups is 2. The summed E-state index contributed by atoms with van der Waals surface area (Å²) in [7, 11) is 1.35. The van der Waals surface area contributed by atoms with Crippen LogP contribution in [0.2, 0.25) is 0 Å². The number of anilines is 2. The van der Waals surface area contributed by atoms with Crippen molar-refractivity contribution in [3.8, 4) is 18.2 Å². The Morgan fingerprint density at radius 2 is 0.887 bits per heavy atom. The van der Waals surface area contributed by atoms with Crippen molar-refractivity contribution in [2.24, 2.45) is 10.4 Å². The SMILES string of the molecule is CC(C)=NN1CC(c2ccc(C)nc2)Cc2cc(C)ccc21.COC(=O)c1ccc(C)nc1.Cc1ccc(CC#N)cn1.Cc1ccc(CCl)cn1.Cc1ccc(CO)cn1.Cc1ccc([N+](=O)[O-])c(/C=C(/C#N)c2ccc(C)nc2)c1.Cc1ccc([N+](=O)[O-])c(CC(C#N)c2ccc(C)nc2)c1.Cc1ccc2c(c1)CC(c1ccc(C)nc1)CC2.Cc1ccc2c(c1)CC(c1ccc(C)nc1)CN2N=O. The monoisotopic (exact) mass is 1900 g/mol. The van der Waals surface area contributed by atoms with E-state index in [0.717, 1.165) is 121 Å².